The van der Waals surface area contributed by atoms with Gasteiger partial charge in [0.25, 0.3) is 0 Å². The summed E-state index contributed by atoms with van der Waals surface area (Å²) in [6.07, 6.45) is 3.54. The van der Waals surface area contributed by atoms with E-state index in [1.54, 1.807) is 19.5 Å². The molecule has 0 atom stereocenters. The van der Waals surface area contributed by atoms with Gasteiger partial charge in [-0.05, 0) is 18.2 Å². The minimum Gasteiger partial charge on any atom is -0.467 e. The Morgan fingerprint density at radius 3 is 2.42 bits per heavy atom. The highest BCUT2D eigenvalue weighted by Gasteiger charge is 2.23. The minimum atomic E-state index is 0.0692. The zero-order valence-electron chi connectivity index (χ0n) is 17.5. The third-order valence-electron chi connectivity index (χ3n) is 5.39. The average Bonchev–Trinajstić information content (AvgIpc) is 2.83. The molecule has 1 aliphatic rings. The van der Waals surface area contributed by atoms with E-state index >= 15 is 0 Å². The van der Waals surface area contributed by atoms with E-state index in [1.165, 1.54) is 0 Å². The van der Waals surface area contributed by atoms with Gasteiger partial charge < -0.3 is 25.6 Å². The second-order valence-electron chi connectivity index (χ2n) is 7.28. The van der Waals surface area contributed by atoms with Gasteiger partial charge in [0.05, 0.1) is 25.0 Å². The second kappa shape index (κ2) is 9.34. The molecule has 1 aliphatic heterocycles. The number of hydrogen-bond donors (Lipinski definition) is 2. The van der Waals surface area contributed by atoms with Crippen LogP contribution in [0.4, 0.5) is 17.1 Å². The first-order valence-electron chi connectivity index (χ1n) is 10.2. The summed E-state index contributed by atoms with van der Waals surface area (Å²) in [5.41, 5.74) is 10.5. The summed E-state index contributed by atoms with van der Waals surface area (Å²) in [6.45, 7) is 3.07. The maximum atomic E-state index is 12.7. The number of rotatable bonds is 6. The molecule has 2 aromatic carbocycles. The Balaban J connectivity index is 1.39. The molecule has 0 bridgehead atoms. The zero-order valence-corrected chi connectivity index (χ0v) is 17.5. The molecule has 0 aliphatic carbocycles. The van der Waals surface area contributed by atoms with Crippen LogP contribution in [0.1, 0.15) is 0 Å². The fourth-order valence-electron chi connectivity index (χ4n) is 3.69. The van der Waals surface area contributed by atoms with E-state index in [1.807, 2.05) is 41.3 Å². The summed E-state index contributed by atoms with van der Waals surface area (Å²) in [6, 6.07) is 16.0. The van der Waals surface area contributed by atoms with Crippen molar-refractivity contribution in [3.05, 3.63) is 60.9 Å². The maximum absolute atomic E-state index is 12.7. The number of amides is 1. The van der Waals surface area contributed by atoms with E-state index in [4.69, 9.17) is 10.5 Å². The molecule has 4 rings (SSSR count). The smallest absolute Gasteiger partial charge is 0.316 e. The first-order valence-corrected chi connectivity index (χ1v) is 10.2. The summed E-state index contributed by atoms with van der Waals surface area (Å²) in [7, 11) is 1.55. The van der Waals surface area contributed by atoms with E-state index in [0.29, 0.717) is 24.8 Å². The van der Waals surface area contributed by atoms with Crippen LogP contribution >= 0.6 is 0 Å². The highest BCUT2D eigenvalue weighted by molar-refractivity contribution is 5.83. The van der Waals surface area contributed by atoms with Crippen molar-refractivity contribution in [3.8, 4) is 17.1 Å². The molecule has 31 heavy (non-hydrogen) atoms. The monoisotopic (exact) mass is 418 g/mol. The summed E-state index contributed by atoms with van der Waals surface area (Å²) >= 11 is 0. The van der Waals surface area contributed by atoms with Crippen LogP contribution in [0.5, 0.6) is 6.01 Å². The number of nitrogens with zero attached hydrogens (tertiary/aromatic N) is 4. The van der Waals surface area contributed by atoms with Crippen molar-refractivity contribution in [2.75, 3.05) is 55.8 Å². The molecule has 3 aromatic rings. The predicted molar refractivity (Wildman–Crippen MR) is 122 cm³/mol. The third kappa shape index (κ3) is 4.69. The first-order chi connectivity index (χ1) is 15.2. The van der Waals surface area contributed by atoms with Crippen molar-refractivity contribution in [1.82, 2.24) is 14.9 Å². The number of nitrogens with two attached hydrogens (primary N) is 1. The Morgan fingerprint density at radius 1 is 1.03 bits per heavy atom. The average molecular weight is 419 g/mol. The van der Waals surface area contributed by atoms with Crippen LogP contribution in [0.3, 0.4) is 0 Å². The summed E-state index contributed by atoms with van der Waals surface area (Å²) in [5.74, 6) is 0.0692. The van der Waals surface area contributed by atoms with Crippen LogP contribution in [-0.4, -0.2) is 60.6 Å². The molecule has 1 fully saturated rings. The van der Waals surface area contributed by atoms with Crippen molar-refractivity contribution in [2.24, 2.45) is 0 Å². The first kappa shape index (κ1) is 20.5. The largest absolute Gasteiger partial charge is 0.467 e. The molecule has 0 saturated carbocycles. The number of ether oxygens (including phenoxy) is 1. The van der Waals surface area contributed by atoms with Crippen LogP contribution in [0.2, 0.25) is 0 Å². The third-order valence-corrected chi connectivity index (χ3v) is 5.39. The topological polar surface area (TPSA) is 96.6 Å². The number of carbonyl (C=O) groups excluding carboxylic acids is 1. The number of piperazine rings is 1. The molecular formula is C23H26N6O2. The van der Waals surface area contributed by atoms with Crippen molar-refractivity contribution in [2.45, 2.75) is 0 Å². The van der Waals surface area contributed by atoms with Crippen LogP contribution in [-0.2, 0) is 4.79 Å². The van der Waals surface area contributed by atoms with Crippen LogP contribution < -0.4 is 20.7 Å². The van der Waals surface area contributed by atoms with E-state index in [9.17, 15) is 4.79 Å². The lowest BCUT2D eigenvalue weighted by atomic mass is 10.1. The quantitative estimate of drug-likeness (QED) is 0.594. The SMILES string of the molecule is COc1ncc(-c2ccccc2N2CCN(C(=O)CNc3ccccc3N)CC2)cn1. The molecule has 8 nitrogen and oxygen atoms in total. The number of aromatic nitrogens is 2. The van der Waals surface area contributed by atoms with Gasteiger partial charge in [-0.2, -0.15) is 0 Å². The van der Waals surface area contributed by atoms with Gasteiger partial charge in [0.1, 0.15) is 0 Å². The van der Waals surface area contributed by atoms with Crippen molar-refractivity contribution < 1.29 is 9.53 Å². The minimum absolute atomic E-state index is 0.0692. The fraction of sp³-hybridized carbons (Fsp3) is 0.261. The fourth-order valence-corrected chi connectivity index (χ4v) is 3.69. The van der Waals surface area contributed by atoms with Crippen LogP contribution in [0, 0.1) is 0 Å². The lowest BCUT2D eigenvalue weighted by Gasteiger charge is -2.37. The number of carbonyl (C=O) groups is 1. The molecule has 0 radical (unpaired) electrons. The normalized spacial score (nSPS) is 13.7. The van der Waals surface area contributed by atoms with E-state index < -0.39 is 0 Å². The van der Waals surface area contributed by atoms with Gasteiger partial charge in [-0.1, -0.05) is 30.3 Å². The lowest BCUT2D eigenvalue weighted by Crippen LogP contribution is -2.50. The molecule has 1 saturated heterocycles. The van der Waals surface area contributed by atoms with Gasteiger partial charge in [0.15, 0.2) is 0 Å². The number of para-hydroxylation sites is 3. The molecule has 160 valence electrons. The van der Waals surface area contributed by atoms with Gasteiger partial charge in [-0.3, -0.25) is 4.79 Å². The molecular weight excluding hydrogens is 392 g/mol. The Kier molecular flexibility index (Phi) is 6.16. The van der Waals surface area contributed by atoms with Crippen molar-refractivity contribution >= 4 is 23.0 Å². The van der Waals surface area contributed by atoms with E-state index in [-0.39, 0.29) is 12.5 Å². The molecule has 2 heterocycles. The number of methoxy groups -OCH3 is 1. The molecule has 8 heteroatoms. The molecule has 0 spiro atoms. The number of nitrogen functional groups attached to an aromatic ring is 1. The lowest BCUT2D eigenvalue weighted by molar-refractivity contribution is -0.129. The summed E-state index contributed by atoms with van der Waals surface area (Å²) < 4.78 is 5.06. The van der Waals surface area contributed by atoms with Gasteiger partial charge in [-0.15, -0.1) is 0 Å². The number of nitrogens with one attached hydrogen (secondary N) is 1. The van der Waals surface area contributed by atoms with E-state index in [2.05, 4.69) is 32.3 Å². The highest BCUT2D eigenvalue weighted by atomic mass is 16.5. The summed E-state index contributed by atoms with van der Waals surface area (Å²) in [5, 5.41) is 3.14. The van der Waals surface area contributed by atoms with Gasteiger partial charge in [0.2, 0.25) is 5.91 Å². The van der Waals surface area contributed by atoms with Crippen molar-refractivity contribution in [3.63, 3.8) is 0 Å². The highest BCUT2D eigenvalue weighted by Crippen LogP contribution is 2.31. The number of benzene rings is 2. The maximum Gasteiger partial charge on any atom is 0.316 e. The Hall–Kier alpha value is -3.81. The molecule has 1 amide bonds. The van der Waals surface area contributed by atoms with Gasteiger partial charge in [-0.25, -0.2) is 9.97 Å². The molecule has 0 unspecified atom stereocenters. The van der Waals surface area contributed by atoms with Crippen LogP contribution in [0.15, 0.2) is 60.9 Å². The molecule has 1 aromatic heterocycles. The summed E-state index contributed by atoms with van der Waals surface area (Å²) in [4.78, 5) is 25.3. The predicted octanol–water partition coefficient (Wildman–Crippen LogP) is 2.50. The van der Waals surface area contributed by atoms with Crippen molar-refractivity contribution in [1.29, 1.82) is 0 Å². The Labute approximate surface area is 181 Å². The Morgan fingerprint density at radius 2 is 1.71 bits per heavy atom. The standard InChI is InChI=1S/C23H26N6O2/c1-31-23-26-14-17(15-27-23)18-6-2-5-9-21(18)28-10-12-29(13-11-28)22(30)16-25-20-8-4-3-7-19(20)24/h2-9,14-15,25H,10-13,16,24H2,1H3. The Bertz CT molecular complexity index is 1030. The zero-order chi connectivity index (χ0) is 21.6. The number of anilines is 3. The van der Waals surface area contributed by atoms with Gasteiger partial charge >= 0.3 is 6.01 Å². The van der Waals surface area contributed by atoms with Crippen LogP contribution in [0.25, 0.3) is 11.1 Å². The molecule has 3 N–H and O–H groups in total. The second-order valence-corrected chi connectivity index (χ2v) is 7.28. The number of hydrogen-bond acceptors (Lipinski definition) is 7. The van der Waals surface area contributed by atoms with E-state index in [0.717, 1.165) is 35.6 Å². The van der Waals surface area contributed by atoms with Gasteiger partial charge in [0, 0.05) is 55.4 Å².